The fraction of sp³-hybridized carbons (Fsp3) is 0.0833. The highest BCUT2D eigenvalue weighted by molar-refractivity contribution is 5.61. The van der Waals surface area contributed by atoms with E-state index in [1.54, 1.807) is 16.8 Å². The van der Waals surface area contributed by atoms with Crippen molar-refractivity contribution in [1.82, 2.24) is 19.9 Å². The number of hydrogen-bond donors (Lipinski definition) is 1. The Morgan fingerprint density at radius 1 is 1.28 bits per heavy atom. The lowest BCUT2D eigenvalue weighted by Gasteiger charge is -1.94. The molecule has 2 heterocycles. The van der Waals surface area contributed by atoms with Crippen LogP contribution in [0.15, 0.2) is 41.1 Å². The van der Waals surface area contributed by atoms with Crippen LogP contribution >= 0.6 is 0 Å². The van der Waals surface area contributed by atoms with Gasteiger partial charge in [-0.2, -0.15) is 10.1 Å². The molecule has 18 heavy (non-hydrogen) atoms. The Morgan fingerprint density at radius 2 is 2.17 bits per heavy atom. The summed E-state index contributed by atoms with van der Waals surface area (Å²) in [6.07, 6.45) is 1.83. The van der Waals surface area contributed by atoms with Crippen molar-refractivity contribution in [2.24, 2.45) is 7.05 Å². The van der Waals surface area contributed by atoms with Crippen LogP contribution in [0.4, 0.5) is 5.69 Å². The maximum atomic E-state index is 5.71. The fourth-order valence-corrected chi connectivity index (χ4v) is 1.65. The van der Waals surface area contributed by atoms with E-state index in [0.29, 0.717) is 23.1 Å². The number of nitrogens with zero attached hydrogens (tertiary/aromatic N) is 4. The molecule has 0 aliphatic carbocycles. The maximum Gasteiger partial charge on any atom is 0.258 e. The van der Waals surface area contributed by atoms with Gasteiger partial charge >= 0.3 is 0 Å². The van der Waals surface area contributed by atoms with Gasteiger partial charge < -0.3 is 10.3 Å². The smallest absolute Gasteiger partial charge is 0.258 e. The number of hydrogen-bond acceptors (Lipinski definition) is 5. The van der Waals surface area contributed by atoms with Crippen molar-refractivity contribution in [3.8, 4) is 23.0 Å². The van der Waals surface area contributed by atoms with Crippen molar-refractivity contribution in [1.29, 1.82) is 0 Å². The summed E-state index contributed by atoms with van der Waals surface area (Å²) in [7, 11) is 1.84. The Hall–Kier alpha value is -2.63. The summed E-state index contributed by atoms with van der Waals surface area (Å²) in [5.74, 6) is 0.899. The molecular weight excluding hydrogens is 230 g/mol. The van der Waals surface area contributed by atoms with Crippen LogP contribution < -0.4 is 5.73 Å². The molecule has 3 aromatic rings. The summed E-state index contributed by atoms with van der Waals surface area (Å²) >= 11 is 0. The first-order valence-electron chi connectivity index (χ1n) is 5.42. The van der Waals surface area contributed by atoms with Gasteiger partial charge in [-0.05, 0) is 24.3 Å². The molecule has 0 fully saturated rings. The van der Waals surface area contributed by atoms with Crippen LogP contribution in [-0.4, -0.2) is 19.9 Å². The summed E-state index contributed by atoms with van der Waals surface area (Å²) in [6, 6.07) is 9.13. The average Bonchev–Trinajstić information content (AvgIpc) is 2.97. The molecule has 1 aromatic carbocycles. The van der Waals surface area contributed by atoms with Gasteiger partial charge in [0.2, 0.25) is 5.82 Å². The number of nitrogens with two attached hydrogens (primary N) is 1. The van der Waals surface area contributed by atoms with E-state index < -0.39 is 0 Å². The van der Waals surface area contributed by atoms with Gasteiger partial charge in [-0.25, -0.2) is 0 Å². The van der Waals surface area contributed by atoms with Gasteiger partial charge in [0.1, 0.15) is 5.69 Å². The second-order valence-corrected chi connectivity index (χ2v) is 3.92. The minimum Gasteiger partial charge on any atom is -0.399 e. The van der Waals surface area contributed by atoms with Gasteiger partial charge in [-0.15, -0.1) is 0 Å². The van der Waals surface area contributed by atoms with Crippen molar-refractivity contribution >= 4 is 5.69 Å². The third-order valence-electron chi connectivity index (χ3n) is 2.50. The van der Waals surface area contributed by atoms with Crippen LogP contribution in [0.25, 0.3) is 23.0 Å². The van der Waals surface area contributed by atoms with Crippen LogP contribution in [0.3, 0.4) is 0 Å². The summed E-state index contributed by atoms with van der Waals surface area (Å²) in [6.45, 7) is 0. The normalized spacial score (nSPS) is 10.7. The molecule has 0 aliphatic rings. The van der Waals surface area contributed by atoms with Crippen LogP contribution in [0.5, 0.6) is 0 Å². The highest BCUT2D eigenvalue weighted by atomic mass is 16.5. The predicted molar refractivity (Wildman–Crippen MR) is 66.3 cm³/mol. The standard InChI is InChI=1S/C12H11N5O/c1-17-6-5-10(15-17)11-14-12(18-16-11)8-3-2-4-9(13)7-8/h2-7H,13H2,1H3. The van der Waals surface area contributed by atoms with E-state index in [2.05, 4.69) is 15.2 Å². The van der Waals surface area contributed by atoms with E-state index in [0.717, 1.165) is 5.56 Å². The Bertz CT molecular complexity index is 685. The lowest BCUT2D eigenvalue weighted by molar-refractivity contribution is 0.432. The molecule has 0 unspecified atom stereocenters. The molecule has 0 saturated carbocycles. The summed E-state index contributed by atoms with van der Waals surface area (Å²) in [5.41, 5.74) is 7.84. The maximum absolute atomic E-state index is 5.71. The molecule has 0 saturated heterocycles. The van der Waals surface area contributed by atoms with Crippen molar-refractivity contribution in [3.05, 3.63) is 36.5 Å². The first kappa shape index (κ1) is 10.5. The Balaban J connectivity index is 1.99. The van der Waals surface area contributed by atoms with Crippen molar-refractivity contribution in [2.75, 3.05) is 5.73 Å². The molecular formula is C12H11N5O. The van der Waals surface area contributed by atoms with Gasteiger partial charge in [0.15, 0.2) is 0 Å². The van der Waals surface area contributed by atoms with E-state index in [4.69, 9.17) is 10.3 Å². The second-order valence-electron chi connectivity index (χ2n) is 3.92. The van der Waals surface area contributed by atoms with Gasteiger partial charge in [-0.1, -0.05) is 11.2 Å². The quantitative estimate of drug-likeness (QED) is 0.691. The summed E-state index contributed by atoms with van der Waals surface area (Å²) < 4.78 is 6.89. The lowest BCUT2D eigenvalue weighted by atomic mass is 10.2. The molecule has 0 spiro atoms. The monoisotopic (exact) mass is 241 g/mol. The third kappa shape index (κ3) is 1.84. The van der Waals surface area contributed by atoms with Crippen molar-refractivity contribution < 1.29 is 4.52 Å². The van der Waals surface area contributed by atoms with E-state index in [1.807, 2.05) is 31.4 Å². The highest BCUT2D eigenvalue weighted by Crippen LogP contribution is 2.22. The van der Waals surface area contributed by atoms with Crippen LogP contribution in [0.2, 0.25) is 0 Å². The number of aryl methyl sites for hydroxylation is 1. The zero-order valence-corrected chi connectivity index (χ0v) is 9.74. The number of aromatic nitrogens is 4. The fourth-order valence-electron chi connectivity index (χ4n) is 1.65. The first-order chi connectivity index (χ1) is 8.72. The third-order valence-corrected chi connectivity index (χ3v) is 2.50. The van der Waals surface area contributed by atoms with Gasteiger partial charge in [0, 0.05) is 24.5 Å². The van der Waals surface area contributed by atoms with Gasteiger partial charge in [0.05, 0.1) is 0 Å². The molecule has 0 amide bonds. The second kappa shape index (κ2) is 3.99. The minimum absolute atomic E-state index is 0.433. The number of benzene rings is 1. The average molecular weight is 241 g/mol. The van der Waals surface area contributed by atoms with E-state index in [1.165, 1.54) is 0 Å². The van der Waals surface area contributed by atoms with Gasteiger partial charge in [0.25, 0.3) is 5.89 Å². The largest absolute Gasteiger partial charge is 0.399 e. The highest BCUT2D eigenvalue weighted by Gasteiger charge is 2.12. The molecule has 90 valence electrons. The predicted octanol–water partition coefficient (Wildman–Crippen LogP) is 1.72. The SMILES string of the molecule is Cn1ccc(-c2noc(-c3cccc(N)c3)n2)n1. The van der Waals surface area contributed by atoms with Crippen molar-refractivity contribution in [2.45, 2.75) is 0 Å². The number of rotatable bonds is 2. The molecule has 2 aromatic heterocycles. The van der Waals surface area contributed by atoms with Crippen LogP contribution in [0.1, 0.15) is 0 Å². The van der Waals surface area contributed by atoms with E-state index >= 15 is 0 Å². The molecule has 0 aliphatic heterocycles. The summed E-state index contributed by atoms with van der Waals surface area (Å²) in [5, 5.41) is 8.12. The lowest BCUT2D eigenvalue weighted by Crippen LogP contribution is -1.89. The molecule has 0 atom stereocenters. The molecule has 2 N–H and O–H groups in total. The van der Waals surface area contributed by atoms with E-state index in [9.17, 15) is 0 Å². The molecule has 6 nitrogen and oxygen atoms in total. The molecule has 3 rings (SSSR count). The van der Waals surface area contributed by atoms with Gasteiger partial charge in [-0.3, -0.25) is 4.68 Å². The topological polar surface area (TPSA) is 82.8 Å². The zero-order valence-electron chi connectivity index (χ0n) is 9.74. The molecule has 6 heteroatoms. The first-order valence-corrected chi connectivity index (χ1v) is 5.42. The molecule has 0 bridgehead atoms. The Morgan fingerprint density at radius 3 is 2.89 bits per heavy atom. The van der Waals surface area contributed by atoms with Crippen molar-refractivity contribution in [3.63, 3.8) is 0 Å². The summed E-state index contributed by atoms with van der Waals surface area (Å²) in [4.78, 5) is 4.30. The zero-order chi connectivity index (χ0) is 12.5. The Kier molecular flexibility index (Phi) is 2.33. The van der Waals surface area contributed by atoms with Crippen LogP contribution in [-0.2, 0) is 7.05 Å². The number of nitrogen functional groups attached to an aromatic ring is 1. The number of anilines is 1. The van der Waals surface area contributed by atoms with Crippen LogP contribution in [0, 0.1) is 0 Å². The Labute approximate surface area is 103 Å². The minimum atomic E-state index is 0.433. The molecule has 0 radical (unpaired) electrons. The van der Waals surface area contributed by atoms with E-state index in [-0.39, 0.29) is 0 Å².